The standard InChI is InChI=1S/C18H21NO2S/c1-14-6-4-5-7-15(14)12-19(2)18(20)13-21-16-8-10-17(22-3)11-9-16/h4-11H,12-13H2,1-3H3. The summed E-state index contributed by atoms with van der Waals surface area (Å²) in [4.78, 5) is 15.0. The lowest BCUT2D eigenvalue weighted by atomic mass is 10.1. The number of rotatable bonds is 6. The number of likely N-dealkylation sites (N-methyl/N-ethyl adjacent to an activating group) is 1. The average molecular weight is 315 g/mol. The summed E-state index contributed by atoms with van der Waals surface area (Å²) in [5.41, 5.74) is 2.35. The maximum atomic E-state index is 12.2. The van der Waals surface area contributed by atoms with Gasteiger partial charge in [0.25, 0.3) is 5.91 Å². The normalized spacial score (nSPS) is 10.3. The lowest BCUT2D eigenvalue weighted by Gasteiger charge is -2.18. The second kappa shape index (κ2) is 7.90. The first-order chi connectivity index (χ1) is 10.6. The van der Waals surface area contributed by atoms with Gasteiger partial charge in [-0.3, -0.25) is 4.79 Å². The summed E-state index contributed by atoms with van der Waals surface area (Å²) in [7, 11) is 1.80. The predicted molar refractivity (Wildman–Crippen MR) is 91.4 cm³/mol. The number of thioether (sulfide) groups is 1. The smallest absolute Gasteiger partial charge is 0.260 e. The molecule has 0 aliphatic heterocycles. The third kappa shape index (κ3) is 4.53. The molecule has 0 N–H and O–H groups in total. The topological polar surface area (TPSA) is 29.5 Å². The molecule has 0 bridgehead atoms. The molecule has 4 heteroatoms. The van der Waals surface area contributed by atoms with Gasteiger partial charge in [-0.05, 0) is 48.6 Å². The van der Waals surface area contributed by atoms with E-state index in [9.17, 15) is 4.79 Å². The van der Waals surface area contributed by atoms with Crippen LogP contribution in [0.5, 0.6) is 5.75 Å². The highest BCUT2D eigenvalue weighted by molar-refractivity contribution is 7.98. The molecule has 0 atom stereocenters. The van der Waals surface area contributed by atoms with E-state index in [-0.39, 0.29) is 12.5 Å². The zero-order chi connectivity index (χ0) is 15.9. The minimum Gasteiger partial charge on any atom is -0.484 e. The van der Waals surface area contributed by atoms with Crippen LogP contribution >= 0.6 is 11.8 Å². The summed E-state index contributed by atoms with van der Waals surface area (Å²) in [6.45, 7) is 2.71. The van der Waals surface area contributed by atoms with Crippen LogP contribution in [0.1, 0.15) is 11.1 Å². The second-order valence-electron chi connectivity index (χ2n) is 5.14. The Hall–Kier alpha value is -1.94. The van der Waals surface area contributed by atoms with Gasteiger partial charge in [0.15, 0.2) is 6.61 Å². The van der Waals surface area contributed by atoms with Gasteiger partial charge in [-0.25, -0.2) is 0 Å². The molecular weight excluding hydrogens is 294 g/mol. The highest BCUT2D eigenvalue weighted by atomic mass is 32.2. The molecule has 0 radical (unpaired) electrons. The number of hydrogen-bond acceptors (Lipinski definition) is 3. The van der Waals surface area contributed by atoms with Gasteiger partial charge in [0.1, 0.15) is 5.75 Å². The fourth-order valence-corrected chi connectivity index (χ4v) is 2.47. The maximum Gasteiger partial charge on any atom is 0.260 e. The van der Waals surface area contributed by atoms with Gasteiger partial charge in [0.05, 0.1) is 0 Å². The van der Waals surface area contributed by atoms with Crippen LogP contribution in [0.3, 0.4) is 0 Å². The van der Waals surface area contributed by atoms with Crippen LogP contribution in [0.4, 0.5) is 0 Å². The third-order valence-corrected chi connectivity index (χ3v) is 4.26. The molecule has 0 aliphatic rings. The number of carbonyl (C=O) groups is 1. The van der Waals surface area contributed by atoms with Crippen LogP contribution in [0, 0.1) is 6.92 Å². The fraction of sp³-hybridized carbons (Fsp3) is 0.278. The molecular formula is C18H21NO2S. The molecule has 0 fully saturated rings. The summed E-state index contributed by atoms with van der Waals surface area (Å²) >= 11 is 1.68. The van der Waals surface area contributed by atoms with E-state index in [1.807, 2.05) is 48.7 Å². The summed E-state index contributed by atoms with van der Waals surface area (Å²) in [6.07, 6.45) is 2.03. The number of hydrogen-bond donors (Lipinski definition) is 0. The molecule has 116 valence electrons. The van der Waals surface area contributed by atoms with Crippen LogP contribution in [0.15, 0.2) is 53.4 Å². The van der Waals surface area contributed by atoms with Gasteiger partial charge in [-0.2, -0.15) is 0 Å². The number of ether oxygens (including phenoxy) is 1. The van der Waals surface area contributed by atoms with E-state index in [1.165, 1.54) is 10.5 Å². The quantitative estimate of drug-likeness (QED) is 0.760. The number of benzene rings is 2. The van der Waals surface area contributed by atoms with Gasteiger partial charge in [-0.15, -0.1) is 11.8 Å². The summed E-state index contributed by atoms with van der Waals surface area (Å²) in [6, 6.07) is 15.8. The number of amides is 1. The molecule has 22 heavy (non-hydrogen) atoms. The van der Waals surface area contributed by atoms with Crippen molar-refractivity contribution in [3.05, 3.63) is 59.7 Å². The number of carbonyl (C=O) groups excluding carboxylic acids is 1. The van der Waals surface area contributed by atoms with Crippen molar-refractivity contribution in [3.8, 4) is 5.75 Å². The van der Waals surface area contributed by atoms with E-state index in [1.54, 1.807) is 23.7 Å². The SMILES string of the molecule is CSc1ccc(OCC(=O)N(C)Cc2ccccc2C)cc1. The molecule has 2 aromatic carbocycles. The first-order valence-electron chi connectivity index (χ1n) is 7.15. The van der Waals surface area contributed by atoms with E-state index in [0.717, 1.165) is 11.3 Å². The van der Waals surface area contributed by atoms with Gasteiger partial charge < -0.3 is 9.64 Å². The van der Waals surface area contributed by atoms with E-state index in [0.29, 0.717) is 6.54 Å². The van der Waals surface area contributed by atoms with Crippen molar-refractivity contribution in [2.24, 2.45) is 0 Å². The van der Waals surface area contributed by atoms with Gasteiger partial charge >= 0.3 is 0 Å². The molecule has 2 aromatic rings. The molecule has 0 spiro atoms. The van der Waals surface area contributed by atoms with Gasteiger partial charge in [0.2, 0.25) is 0 Å². The fourth-order valence-electron chi connectivity index (χ4n) is 2.06. The first kappa shape index (κ1) is 16.4. The molecule has 1 amide bonds. The number of aryl methyl sites for hydroxylation is 1. The minimum atomic E-state index is -0.0304. The molecule has 0 aromatic heterocycles. The molecule has 0 saturated carbocycles. The Morgan fingerprint density at radius 1 is 1.14 bits per heavy atom. The molecule has 3 nitrogen and oxygen atoms in total. The van der Waals surface area contributed by atoms with Crippen molar-refractivity contribution >= 4 is 17.7 Å². The lowest BCUT2D eigenvalue weighted by molar-refractivity contribution is -0.132. The van der Waals surface area contributed by atoms with Crippen molar-refractivity contribution in [1.82, 2.24) is 4.90 Å². The van der Waals surface area contributed by atoms with E-state index >= 15 is 0 Å². The van der Waals surface area contributed by atoms with Gasteiger partial charge in [-0.1, -0.05) is 24.3 Å². The summed E-state index contributed by atoms with van der Waals surface area (Å²) in [5.74, 6) is 0.688. The van der Waals surface area contributed by atoms with Crippen molar-refractivity contribution in [3.63, 3.8) is 0 Å². The predicted octanol–water partition coefficient (Wildman–Crippen LogP) is 3.75. The monoisotopic (exact) mass is 315 g/mol. The van der Waals surface area contributed by atoms with Crippen molar-refractivity contribution in [2.75, 3.05) is 19.9 Å². The summed E-state index contributed by atoms with van der Waals surface area (Å²) in [5, 5.41) is 0. The van der Waals surface area contributed by atoms with Crippen LogP contribution < -0.4 is 4.74 Å². The maximum absolute atomic E-state index is 12.2. The Bertz CT molecular complexity index is 625. The van der Waals surface area contributed by atoms with E-state index < -0.39 is 0 Å². The molecule has 0 heterocycles. The Morgan fingerprint density at radius 3 is 2.45 bits per heavy atom. The van der Waals surface area contributed by atoms with Crippen molar-refractivity contribution in [2.45, 2.75) is 18.4 Å². The van der Waals surface area contributed by atoms with E-state index in [4.69, 9.17) is 4.74 Å². The van der Waals surface area contributed by atoms with Crippen molar-refractivity contribution in [1.29, 1.82) is 0 Å². The van der Waals surface area contributed by atoms with Crippen molar-refractivity contribution < 1.29 is 9.53 Å². The zero-order valence-corrected chi connectivity index (χ0v) is 14.0. The third-order valence-electron chi connectivity index (χ3n) is 3.52. The zero-order valence-electron chi connectivity index (χ0n) is 13.2. The second-order valence-corrected chi connectivity index (χ2v) is 6.02. The Labute approximate surface area is 136 Å². The van der Waals surface area contributed by atoms with Crippen LogP contribution in [0.2, 0.25) is 0 Å². The summed E-state index contributed by atoms with van der Waals surface area (Å²) < 4.78 is 5.56. The van der Waals surface area contributed by atoms with Gasteiger partial charge in [0, 0.05) is 18.5 Å². The highest BCUT2D eigenvalue weighted by Crippen LogP contribution is 2.19. The molecule has 0 aliphatic carbocycles. The Kier molecular flexibility index (Phi) is 5.90. The molecule has 0 saturated heterocycles. The average Bonchev–Trinajstić information content (AvgIpc) is 2.55. The largest absolute Gasteiger partial charge is 0.484 e. The van der Waals surface area contributed by atoms with Crippen LogP contribution in [-0.2, 0) is 11.3 Å². The first-order valence-corrected chi connectivity index (χ1v) is 8.38. The molecule has 2 rings (SSSR count). The van der Waals surface area contributed by atoms with Crippen LogP contribution in [-0.4, -0.2) is 30.7 Å². The van der Waals surface area contributed by atoms with E-state index in [2.05, 4.69) is 13.0 Å². The highest BCUT2D eigenvalue weighted by Gasteiger charge is 2.11. The Balaban J connectivity index is 1.87. The number of nitrogens with zero attached hydrogens (tertiary/aromatic N) is 1. The minimum absolute atomic E-state index is 0.0304. The van der Waals surface area contributed by atoms with Crippen LogP contribution in [0.25, 0.3) is 0 Å². The molecule has 0 unspecified atom stereocenters. The Morgan fingerprint density at radius 2 is 1.82 bits per heavy atom. The lowest BCUT2D eigenvalue weighted by Crippen LogP contribution is -2.31.